The second-order valence-electron chi connectivity index (χ2n) is 4.99. The van der Waals surface area contributed by atoms with Crippen LogP contribution in [0, 0.1) is 17.1 Å². The number of nitriles is 1. The van der Waals surface area contributed by atoms with E-state index in [4.69, 9.17) is 10.00 Å². The van der Waals surface area contributed by atoms with Gasteiger partial charge in [0.2, 0.25) is 0 Å². The summed E-state index contributed by atoms with van der Waals surface area (Å²) in [7, 11) is 1.52. The molecule has 3 rings (SSSR count). The highest BCUT2D eigenvalue weighted by molar-refractivity contribution is 5.89. The molecule has 1 aromatic heterocycles. The van der Waals surface area contributed by atoms with Crippen LogP contribution in [-0.2, 0) is 6.42 Å². The second kappa shape index (κ2) is 5.89. The van der Waals surface area contributed by atoms with Crippen molar-refractivity contribution in [1.82, 2.24) is 10.2 Å². The van der Waals surface area contributed by atoms with Crippen LogP contribution in [0.4, 0.5) is 4.39 Å². The zero-order chi connectivity index (χ0) is 16.4. The van der Waals surface area contributed by atoms with Crippen molar-refractivity contribution in [3.8, 4) is 11.8 Å². The van der Waals surface area contributed by atoms with Crippen molar-refractivity contribution in [2.45, 2.75) is 6.42 Å². The fraction of sp³-hybridized carbons (Fsp3) is 0.118. The first-order chi connectivity index (χ1) is 11.1. The molecular formula is C17H12FN3O2. The number of nitrogens with zero attached hydrogens (tertiary/aromatic N) is 2. The Kier molecular flexibility index (Phi) is 3.77. The molecule has 2 aromatic carbocycles. The second-order valence-corrected chi connectivity index (χ2v) is 4.99. The van der Waals surface area contributed by atoms with E-state index in [-0.39, 0.29) is 11.1 Å². The first-order valence-electron chi connectivity index (χ1n) is 6.87. The van der Waals surface area contributed by atoms with Crippen molar-refractivity contribution in [2.75, 3.05) is 7.11 Å². The monoisotopic (exact) mass is 309 g/mol. The molecule has 0 spiro atoms. The van der Waals surface area contributed by atoms with Crippen LogP contribution >= 0.6 is 0 Å². The minimum absolute atomic E-state index is 0.0248. The lowest BCUT2D eigenvalue weighted by Gasteiger charge is -2.09. The van der Waals surface area contributed by atoms with Gasteiger partial charge in [0.15, 0.2) is 0 Å². The van der Waals surface area contributed by atoms with E-state index in [1.165, 1.54) is 19.2 Å². The fourth-order valence-electron chi connectivity index (χ4n) is 2.51. The topological polar surface area (TPSA) is 78.8 Å². The standard InChI is InChI=1S/C17H12FN3O2/c1-23-15-4-2-3-12-16(15)14(20-21-17(12)22)8-10-5-6-13(18)11(7-10)9-19/h2-7H,8H2,1H3,(H,21,22). The van der Waals surface area contributed by atoms with Crippen molar-refractivity contribution in [1.29, 1.82) is 5.26 Å². The molecule has 0 unspecified atom stereocenters. The highest BCUT2D eigenvalue weighted by Gasteiger charge is 2.13. The third kappa shape index (κ3) is 2.64. The van der Waals surface area contributed by atoms with E-state index in [0.29, 0.717) is 28.6 Å². The van der Waals surface area contributed by atoms with E-state index in [1.54, 1.807) is 24.3 Å². The number of benzene rings is 2. The van der Waals surface area contributed by atoms with Gasteiger partial charge < -0.3 is 4.74 Å². The van der Waals surface area contributed by atoms with Crippen LogP contribution in [0.5, 0.6) is 5.75 Å². The highest BCUT2D eigenvalue weighted by Crippen LogP contribution is 2.27. The zero-order valence-corrected chi connectivity index (χ0v) is 12.3. The Balaban J connectivity index is 2.16. The predicted molar refractivity (Wildman–Crippen MR) is 82.8 cm³/mol. The molecule has 0 aliphatic heterocycles. The van der Waals surface area contributed by atoms with Gasteiger partial charge in [-0.2, -0.15) is 10.4 Å². The number of aromatic amines is 1. The lowest BCUT2D eigenvalue weighted by atomic mass is 10.0. The summed E-state index contributed by atoms with van der Waals surface area (Å²) in [6, 6.07) is 11.3. The van der Waals surface area contributed by atoms with Crippen LogP contribution in [-0.4, -0.2) is 17.3 Å². The molecule has 1 N–H and O–H groups in total. The van der Waals surface area contributed by atoms with Crippen LogP contribution < -0.4 is 10.3 Å². The number of methoxy groups -OCH3 is 1. The Morgan fingerprint density at radius 1 is 1.35 bits per heavy atom. The molecule has 0 saturated heterocycles. The van der Waals surface area contributed by atoms with Crippen LogP contribution in [0.1, 0.15) is 16.8 Å². The summed E-state index contributed by atoms with van der Waals surface area (Å²) in [4.78, 5) is 11.9. The summed E-state index contributed by atoms with van der Waals surface area (Å²) in [5.41, 5.74) is 0.977. The van der Waals surface area contributed by atoms with Crippen LogP contribution in [0.25, 0.3) is 10.8 Å². The molecule has 1 heterocycles. The van der Waals surface area contributed by atoms with E-state index < -0.39 is 5.82 Å². The summed E-state index contributed by atoms with van der Waals surface area (Å²) >= 11 is 0. The molecule has 0 amide bonds. The molecule has 23 heavy (non-hydrogen) atoms. The van der Waals surface area contributed by atoms with Gasteiger partial charge in [0.1, 0.15) is 17.6 Å². The maximum absolute atomic E-state index is 13.4. The maximum atomic E-state index is 13.4. The predicted octanol–water partition coefficient (Wildman–Crippen LogP) is 2.53. The average Bonchev–Trinajstić information content (AvgIpc) is 2.58. The molecule has 114 valence electrons. The number of H-pyrrole nitrogens is 1. The Hall–Kier alpha value is -3.20. The summed E-state index contributed by atoms with van der Waals surface area (Å²) < 4.78 is 18.7. The van der Waals surface area contributed by atoms with Gasteiger partial charge >= 0.3 is 0 Å². The van der Waals surface area contributed by atoms with Crippen LogP contribution in [0.3, 0.4) is 0 Å². The molecule has 5 nitrogen and oxygen atoms in total. The number of halogens is 1. The lowest BCUT2D eigenvalue weighted by Crippen LogP contribution is -2.12. The van der Waals surface area contributed by atoms with E-state index in [9.17, 15) is 9.18 Å². The van der Waals surface area contributed by atoms with Gasteiger partial charge in [0.25, 0.3) is 5.56 Å². The first-order valence-corrected chi connectivity index (χ1v) is 6.87. The molecule has 0 fully saturated rings. The van der Waals surface area contributed by atoms with Gasteiger partial charge in [-0.05, 0) is 29.8 Å². The smallest absolute Gasteiger partial charge is 0.272 e. The van der Waals surface area contributed by atoms with Crippen molar-refractivity contribution < 1.29 is 9.13 Å². The lowest BCUT2D eigenvalue weighted by molar-refractivity contribution is 0.419. The van der Waals surface area contributed by atoms with Gasteiger partial charge in [-0.3, -0.25) is 4.79 Å². The molecule has 0 aliphatic rings. The number of fused-ring (bicyclic) bond motifs is 1. The van der Waals surface area contributed by atoms with Crippen molar-refractivity contribution in [3.63, 3.8) is 0 Å². The summed E-state index contributed by atoms with van der Waals surface area (Å²) in [5, 5.41) is 16.6. The third-order valence-corrected chi connectivity index (χ3v) is 3.59. The zero-order valence-electron chi connectivity index (χ0n) is 12.3. The molecule has 0 atom stereocenters. The maximum Gasteiger partial charge on any atom is 0.272 e. The molecule has 0 aliphatic carbocycles. The van der Waals surface area contributed by atoms with Gasteiger partial charge in [0, 0.05) is 6.42 Å². The molecule has 3 aromatic rings. The molecule has 0 radical (unpaired) electrons. The largest absolute Gasteiger partial charge is 0.496 e. The van der Waals surface area contributed by atoms with Crippen molar-refractivity contribution in [3.05, 3.63) is 69.4 Å². The minimum atomic E-state index is -0.562. The minimum Gasteiger partial charge on any atom is -0.496 e. The van der Waals surface area contributed by atoms with Crippen LogP contribution in [0.2, 0.25) is 0 Å². The van der Waals surface area contributed by atoms with E-state index in [1.807, 2.05) is 6.07 Å². The molecule has 6 heteroatoms. The van der Waals surface area contributed by atoms with Gasteiger partial charge in [0.05, 0.1) is 29.1 Å². The van der Waals surface area contributed by atoms with Crippen molar-refractivity contribution in [2.24, 2.45) is 0 Å². The number of aromatic nitrogens is 2. The first kappa shape index (κ1) is 14.7. The Bertz CT molecular complexity index is 989. The van der Waals surface area contributed by atoms with E-state index in [2.05, 4.69) is 10.2 Å². The number of rotatable bonds is 3. The van der Waals surface area contributed by atoms with E-state index in [0.717, 1.165) is 5.56 Å². The van der Waals surface area contributed by atoms with Crippen molar-refractivity contribution >= 4 is 10.8 Å². The number of hydrogen-bond acceptors (Lipinski definition) is 4. The molecule has 0 saturated carbocycles. The molecule has 0 bridgehead atoms. The van der Waals surface area contributed by atoms with Gasteiger partial charge in [-0.25, -0.2) is 9.49 Å². The highest BCUT2D eigenvalue weighted by atomic mass is 19.1. The third-order valence-electron chi connectivity index (χ3n) is 3.59. The van der Waals surface area contributed by atoms with Gasteiger partial charge in [-0.15, -0.1) is 0 Å². The normalized spacial score (nSPS) is 10.5. The van der Waals surface area contributed by atoms with Gasteiger partial charge in [-0.1, -0.05) is 12.1 Å². The van der Waals surface area contributed by atoms with Crippen LogP contribution in [0.15, 0.2) is 41.2 Å². The van der Waals surface area contributed by atoms with E-state index >= 15 is 0 Å². The SMILES string of the molecule is COc1cccc2c(=O)[nH]nc(Cc3ccc(F)c(C#N)c3)c12. The quantitative estimate of drug-likeness (QED) is 0.806. The number of nitrogens with one attached hydrogen (secondary N) is 1. The molecular weight excluding hydrogens is 297 g/mol. The average molecular weight is 309 g/mol. The Morgan fingerprint density at radius 2 is 2.17 bits per heavy atom. The summed E-state index contributed by atoms with van der Waals surface area (Å²) in [6.07, 6.45) is 0.336. The number of ether oxygens (including phenoxy) is 1. The summed E-state index contributed by atoms with van der Waals surface area (Å²) in [5.74, 6) is -0.0214. The fourth-order valence-corrected chi connectivity index (χ4v) is 2.51. The Labute approximate surface area is 131 Å². The summed E-state index contributed by atoms with van der Waals surface area (Å²) in [6.45, 7) is 0. The Morgan fingerprint density at radius 3 is 2.91 bits per heavy atom. The number of hydrogen-bond donors (Lipinski definition) is 1.